The number of esters is 1. The van der Waals surface area contributed by atoms with Crippen molar-refractivity contribution in [1.29, 1.82) is 0 Å². The number of benzene rings is 3. The van der Waals surface area contributed by atoms with Crippen molar-refractivity contribution in [2.24, 2.45) is 0 Å². The van der Waals surface area contributed by atoms with Gasteiger partial charge in [0.1, 0.15) is 0 Å². The summed E-state index contributed by atoms with van der Waals surface area (Å²) in [4.78, 5) is 15.9. The molecule has 194 valence electrons. The van der Waals surface area contributed by atoms with Crippen LogP contribution in [0.15, 0.2) is 77.4 Å². The van der Waals surface area contributed by atoms with Gasteiger partial charge in [0.2, 0.25) is 5.82 Å². The first-order valence-electron chi connectivity index (χ1n) is 12.1. The largest absolute Gasteiger partial charge is 0.466 e. The summed E-state index contributed by atoms with van der Waals surface area (Å²) in [5.41, 5.74) is 1.32. The number of carbonyl (C=O) groups is 1. The predicted molar refractivity (Wildman–Crippen MR) is 135 cm³/mol. The first-order chi connectivity index (χ1) is 18.3. The number of nitrogens with zero attached hydrogens (tertiary/aromatic N) is 4. The zero-order valence-electron chi connectivity index (χ0n) is 20.4. The Hall–Kier alpha value is -4.47. The first kappa shape index (κ1) is 25.2. The quantitative estimate of drug-likeness (QED) is 0.210. The minimum Gasteiger partial charge on any atom is -0.466 e. The molecule has 0 saturated carbocycles. The number of aryl methyl sites for hydroxylation is 1. The van der Waals surface area contributed by atoms with Gasteiger partial charge in [-0.1, -0.05) is 41.6 Å². The second-order valence-corrected chi connectivity index (χ2v) is 8.62. The molecule has 5 rings (SSSR count). The smallest absolute Gasteiger partial charge is 0.417 e. The van der Waals surface area contributed by atoms with Crippen LogP contribution < -0.4 is 0 Å². The molecule has 2 aromatic heterocycles. The number of ether oxygens (including phenoxy) is 1. The number of carbonyl (C=O) groups excluding carboxylic acids is 1. The van der Waals surface area contributed by atoms with Crippen molar-refractivity contribution in [1.82, 2.24) is 19.9 Å². The molecule has 3 aromatic carbocycles. The van der Waals surface area contributed by atoms with Crippen LogP contribution in [0.5, 0.6) is 0 Å². The molecule has 5 aromatic rings. The number of rotatable bonds is 8. The average molecular weight is 521 g/mol. The summed E-state index contributed by atoms with van der Waals surface area (Å²) >= 11 is 0. The van der Waals surface area contributed by atoms with Crippen LogP contribution in [0.1, 0.15) is 25.3 Å². The van der Waals surface area contributed by atoms with Crippen molar-refractivity contribution in [3.8, 4) is 34.0 Å². The molecule has 0 saturated heterocycles. The van der Waals surface area contributed by atoms with E-state index < -0.39 is 11.7 Å². The lowest BCUT2D eigenvalue weighted by Gasteiger charge is -2.14. The molecule has 0 aliphatic carbocycles. The summed E-state index contributed by atoms with van der Waals surface area (Å²) < 4.78 is 53.7. The summed E-state index contributed by atoms with van der Waals surface area (Å²) in [7, 11) is 0. The van der Waals surface area contributed by atoms with Gasteiger partial charge >= 0.3 is 12.1 Å². The van der Waals surface area contributed by atoms with Gasteiger partial charge < -0.3 is 9.26 Å². The fourth-order valence-corrected chi connectivity index (χ4v) is 4.19. The summed E-state index contributed by atoms with van der Waals surface area (Å²) in [5.74, 6) is -0.00556. The van der Waals surface area contributed by atoms with E-state index in [2.05, 4.69) is 15.2 Å². The van der Waals surface area contributed by atoms with Gasteiger partial charge in [-0.3, -0.25) is 9.48 Å². The van der Waals surface area contributed by atoms with Gasteiger partial charge in [0.15, 0.2) is 0 Å². The SMILES string of the molecule is CCOC(=O)CCCn1cc2cc(-c3noc(-c4ccc(-c5ccccc5)c(C(F)(F)F)c4)n3)ccc2n1. The van der Waals surface area contributed by atoms with E-state index in [-0.39, 0.29) is 28.8 Å². The third kappa shape index (κ3) is 5.44. The van der Waals surface area contributed by atoms with Crippen molar-refractivity contribution >= 4 is 16.9 Å². The Kier molecular flexibility index (Phi) is 6.95. The summed E-state index contributed by atoms with van der Waals surface area (Å²) in [6.07, 6.45) is -1.81. The third-order valence-electron chi connectivity index (χ3n) is 5.97. The molecular formula is C28H23F3N4O3. The van der Waals surface area contributed by atoms with E-state index in [1.165, 1.54) is 6.07 Å². The number of hydrogen-bond acceptors (Lipinski definition) is 6. The molecule has 0 N–H and O–H groups in total. The summed E-state index contributed by atoms with van der Waals surface area (Å²) in [5, 5.41) is 9.32. The lowest BCUT2D eigenvalue weighted by Crippen LogP contribution is -2.07. The van der Waals surface area contributed by atoms with Crippen LogP contribution in [0.25, 0.3) is 44.9 Å². The molecule has 38 heavy (non-hydrogen) atoms. The number of halogens is 3. The molecule has 0 fully saturated rings. The Morgan fingerprint density at radius 1 is 1.00 bits per heavy atom. The molecule has 0 aliphatic heterocycles. The van der Waals surface area contributed by atoms with E-state index in [9.17, 15) is 18.0 Å². The maximum Gasteiger partial charge on any atom is 0.417 e. The summed E-state index contributed by atoms with van der Waals surface area (Å²) in [6.45, 7) is 2.67. The normalized spacial score (nSPS) is 11.7. The molecule has 0 unspecified atom stereocenters. The fraction of sp³-hybridized carbons (Fsp3) is 0.214. The minimum atomic E-state index is -4.56. The van der Waals surface area contributed by atoms with E-state index in [1.54, 1.807) is 60.1 Å². The van der Waals surface area contributed by atoms with Crippen LogP contribution in [0.4, 0.5) is 13.2 Å². The molecule has 0 amide bonds. The van der Waals surface area contributed by atoms with E-state index in [0.717, 1.165) is 17.0 Å². The highest BCUT2D eigenvalue weighted by molar-refractivity contribution is 5.83. The standard InChI is InChI=1S/C28H23F3N4O3/c1-2-37-25(36)9-6-14-35-17-21-15-19(11-13-24(21)33-35)26-32-27(38-34-26)20-10-12-22(18-7-4-3-5-8-18)23(16-20)28(29,30)31/h3-5,7-8,10-13,15-17H,2,6,9,14H2,1H3. The summed E-state index contributed by atoms with van der Waals surface area (Å²) in [6, 6.07) is 17.8. The average Bonchev–Trinajstić information content (AvgIpc) is 3.55. The van der Waals surface area contributed by atoms with Gasteiger partial charge in [0, 0.05) is 35.7 Å². The van der Waals surface area contributed by atoms with Gasteiger partial charge in [-0.2, -0.15) is 23.3 Å². The van der Waals surface area contributed by atoms with Crippen molar-refractivity contribution in [3.05, 3.63) is 78.5 Å². The number of fused-ring (bicyclic) bond motifs is 1. The Morgan fingerprint density at radius 3 is 2.55 bits per heavy atom. The Balaban J connectivity index is 1.38. The van der Waals surface area contributed by atoms with Crippen LogP contribution in [0.3, 0.4) is 0 Å². The van der Waals surface area contributed by atoms with Crippen LogP contribution in [0, 0.1) is 0 Å². The van der Waals surface area contributed by atoms with Gasteiger partial charge in [-0.25, -0.2) is 0 Å². The van der Waals surface area contributed by atoms with E-state index >= 15 is 0 Å². The number of aromatic nitrogens is 4. The second-order valence-electron chi connectivity index (χ2n) is 8.62. The Labute approximate surface area is 215 Å². The lowest BCUT2D eigenvalue weighted by molar-refractivity contribution is -0.143. The molecule has 0 spiro atoms. The number of hydrogen-bond donors (Lipinski definition) is 0. The third-order valence-corrected chi connectivity index (χ3v) is 5.97. The van der Waals surface area contributed by atoms with Crippen molar-refractivity contribution in [2.45, 2.75) is 32.5 Å². The minimum absolute atomic E-state index is 0.0140. The predicted octanol–water partition coefficient (Wildman–Crippen LogP) is 6.78. The molecule has 0 aliphatic rings. The van der Waals surface area contributed by atoms with Gasteiger partial charge in [0.25, 0.3) is 5.89 Å². The molecule has 0 radical (unpaired) electrons. The van der Waals surface area contributed by atoms with Crippen LogP contribution in [-0.4, -0.2) is 32.5 Å². The zero-order valence-corrected chi connectivity index (χ0v) is 20.4. The monoisotopic (exact) mass is 520 g/mol. The van der Waals surface area contributed by atoms with Gasteiger partial charge in [0.05, 0.1) is 17.7 Å². The second kappa shape index (κ2) is 10.5. The molecule has 0 atom stereocenters. The van der Waals surface area contributed by atoms with E-state index in [1.807, 2.05) is 12.3 Å². The van der Waals surface area contributed by atoms with Gasteiger partial charge in [-0.05, 0) is 54.8 Å². The van der Waals surface area contributed by atoms with Crippen LogP contribution >= 0.6 is 0 Å². The van der Waals surface area contributed by atoms with Crippen molar-refractivity contribution in [2.75, 3.05) is 6.61 Å². The van der Waals surface area contributed by atoms with Crippen LogP contribution in [-0.2, 0) is 22.3 Å². The molecule has 0 bridgehead atoms. The fourth-order valence-electron chi connectivity index (χ4n) is 4.19. The van der Waals surface area contributed by atoms with Crippen LogP contribution in [0.2, 0.25) is 0 Å². The Morgan fingerprint density at radius 2 is 1.79 bits per heavy atom. The van der Waals surface area contributed by atoms with Crippen molar-refractivity contribution in [3.63, 3.8) is 0 Å². The maximum atomic E-state index is 13.9. The highest BCUT2D eigenvalue weighted by Crippen LogP contribution is 2.39. The highest BCUT2D eigenvalue weighted by Gasteiger charge is 2.34. The lowest BCUT2D eigenvalue weighted by atomic mass is 9.97. The molecule has 2 heterocycles. The van der Waals surface area contributed by atoms with E-state index in [0.29, 0.717) is 37.1 Å². The Bertz CT molecular complexity index is 1580. The first-order valence-corrected chi connectivity index (χ1v) is 12.1. The molecule has 7 nitrogen and oxygen atoms in total. The zero-order chi connectivity index (χ0) is 26.7. The number of alkyl halides is 3. The van der Waals surface area contributed by atoms with E-state index in [4.69, 9.17) is 9.26 Å². The molecule has 10 heteroatoms. The van der Waals surface area contributed by atoms with Crippen molar-refractivity contribution < 1.29 is 27.2 Å². The topological polar surface area (TPSA) is 83.0 Å². The highest BCUT2D eigenvalue weighted by atomic mass is 19.4. The maximum absolute atomic E-state index is 13.9. The molecular weight excluding hydrogens is 497 g/mol. The van der Waals surface area contributed by atoms with Gasteiger partial charge in [-0.15, -0.1) is 0 Å².